The number of fused-ring (bicyclic) bond motifs is 1. The molecule has 8 heteroatoms. The van der Waals surface area contributed by atoms with Gasteiger partial charge in [-0.05, 0) is 55.3 Å². The first-order chi connectivity index (χ1) is 15.0. The molecule has 158 valence electrons. The van der Waals surface area contributed by atoms with Gasteiger partial charge in [-0.3, -0.25) is 9.89 Å². The number of aromatic nitrogens is 4. The first-order valence-corrected chi connectivity index (χ1v) is 10.6. The average molecular weight is 436 g/mol. The fourth-order valence-corrected chi connectivity index (χ4v) is 4.10. The number of aromatic amines is 1. The fraction of sp³-hybridized carbons (Fsp3) is 0.261. The molecule has 1 fully saturated rings. The molecule has 0 radical (unpaired) electrons. The van der Waals surface area contributed by atoms with Crippen LogP contribution in [0.1, 0.15) is 39.8 Å². The largest absolute Gasteiger partial charge is 0.487 e. The van der Waals surface area contributed by atoms with Gasteiger partial charge in [-0.2, -0.15) is 5.10 Å². The van der Waals surface area contributed by atoms with E-state index in [9.17, 15) is 4.79 Å². The molecule has 1 unspecified atom stereocenters. The van der Waals surface area contributed by atoms with Crippen molar-refractivity contribution >= 4 is 23.2 Å². The van der Waals surface area contributed by atoms with E-state index >= 15 is 0 Å². The van der Waals surface area contributed by atoms with Crippen LogP contribution in [0.5, 0.6) is 5.75 Å². The van der Waals surface area contributed by atoms with Gasteiger partial charge in [0.15, 0.2) is 0 Å². The molecule has 1 N–H and O–H groups in total. The van der Waals surface area contributed by atoms with Crippen molar-refractivity contribution in [3.63, 3.8) is 0 Å². The number of hydrogen-bond donors (Lipinski definition) is 1. The topological polar surface area (TPSA) is 75.5 Å². The third-order valence-electron chi connectivity index (χ3n) is 5.57. The number of rotatable bonds is 5. The molecule has 1 aliphatic heterocycles. The van der Waals surface area contributed by atoms with Crippen molar-refractivity contribution in [1.82, 2.24) is 24.5 Å². The number of H-pyrrole nitrogens is 1. The van der Waals surface area contributed by atoms with Crippen LogP contribution in [0.3, 0.4) is 0 Å². The molecule has 0 saturated carbocycles. The van der Waals surface area contributed by atoms with Gasteiger partial charge in [0.25, 0.3) is 5.91 Å². The molecule has 1 aromatic carbocycles. The molecule has 0 spiro atoms. The minimum absolute atomic E-state index is 0.0381. The Labute approximate surface area is 184 Å². The fourth-order valence-electron chi connectivity index (χ4n) is 3.92. The monoisotopic (exact) mass is 435 g/mol. The molecule has 5 rings (SSSR count). The van der Waals surface area contributed by atoms with Crippen molar-refractivity contribution in [3.05, 3.63) is 82.5 Å². The highest BCUT2D eigenvalue weighted by molar-refractivity contribution is 6.30. The van der Waals surface area contributed by atoms with E-state index in [0.717, 1.165) is 29.0 Å². The summed E-state index contributed by atoms with van der Waals surface area (Å²) in [6, 6.07) is 13.3. The van der Waals surface area contributed by atoms with Gasteiger partial charge < -0.3 is 14.0 Å². The van der Waals surface area contributed by atoms with E-state index in [1.165, 1.54) is 0 Å². The Morgan fingerprint density at radius 1 is 1.29 bits per heavy atom. The maximum atomic E-state index is 13.0. The molecule has 4 heterocycles. The van der Waals surface area contributed by atoms with Crippen LogP contribution >= 0.6 is 11.6 Å². The normalized spacial score (nSPS) is 16.2. The van der Waals surface area contributed by atoms with Crippen LogP contribution < -0.4 is 4.74 Å². The van der Waals surface area contributed by atoms with Crippen molar-refractivity contribution < 1.29 is 9.53 Å². The zero-order valence-corrected chi connectivity index (χ0v) is 17.8. The highest BCUT2D eigenvalue weighted by Gasteiger charge is 2.30. The third-order valence-corrected chi connectivity index (χ3v) is 5.80. The summed E-state index contributed by atoms with van der Waals surface area (Å²) < 4.78 is 7.66. The Kier molecular flexibility index (Phi) is 5.11. The molecule has 1 atom stereocenters. The second kappa shape index (κ2) is 8.07. The van der Waals surface area contributed by atoms with E-state index in [-0.39, 0.29) is 11.8 Å². The number of ether oxygens (including phenoxy) is 1. The molecule has 1 aliphatic rings. The lowest BCUT2D eigenvalue weighted by Crippen LogP contribution is -2.28. The number of carbonyl (C=O) groups is 1. The van der Waals surface area contributed by atoms with E-state index < -0.39 is 0 Å². The third kappa shape index (κ3) is 4.14. The molecule has 0 aliphatic carbocycles. The molecule has 31 heavy (non-hydrogen) atoms. The molecular weight excluding hydrogens is 414 g/mol. The highest BCUT2D eigenvalue weighted by Crippen LogP contribution is 2.28. The summed E-state index contributed by atoms with van der Waals surface area (Å²) in [5.74, 6) is 0.868. The van der Waals surface area contributed by atoms with E-state index in [4.69, 9.17) is 16.3 Å². The van der Waals surface area contributed by atoms with Gasteiger partial charge in [0.05, 0.1) is 11.4 Å². The Morgan fingerprint density at radius 3 is 3.06 bits per heavy atom. The number of amides is 1. The number of hydrogen-bond acceptors (Lipinski definition) is 4. The molecule has 4 aromatic rings. The number of carbonyl (C=O) groups excluding carboxylic acids is 1. The molecule has 0 bridgehead atoms. The predicted octanol–water partition coefficient (Wildman–Crippen LogP) is 4.23. The number of pyridine rings is 1. The van der Waals surface area contributed by atoms with Crippen LogP contribution in [0.25, 0.3) is 5.65 Å². The van der Waals surface area contributed by atoms with Crippen molar-refractivity contribution in [2.24, 2.45) is 0 Å². The smallest absolute Gasteiger partial charge is 0.274 e. The van der Waals surface area contributed by atoms with Crippen LogP contribution in [0.2, 0.25) is 5.02 Å². The van der Waals surface area contributed by atoms with Gasteiger partial charge in [-0.1, -0.05) is 17.7 Å². The quantitative estimate of drug-likeness (QED) is 0.509. The van der Waals surface area contributed by atoms with Crippen LogP contribution in [0, 0.1) is 6.92 Å². The first-order valence-electron chi connectivity index (χ1n) is 10.2. The van der Waals surface area contributed by atoms with Gasteiger partial charge in [0.1, 0.15) is 23.7 Å². The Morgan fingerprint density at radius 2 is 2.19 bits per heavy atom. The van der Waals surface area contributed by atoms with Crippen molar-refractivity contribution in [2.75, 3.05) is 13.1 Å². The summed E-state index contributed by atoms with van der Waals surface area (Å²) in [6.45, 7) is 3.71. The van der Waals surface area contributed by atoms with Gasteiger partial charge in [0.2, 0.25) is 0 Å². The van der Waals surface area contributed by atoms with E-state index in [2.05, 4.69) is 15.2 Å². The number of nitrogens with one attached hydrogen (secondary N) is 1. The minimum Gasteiger partial charge on any atom is -0.487 e. The number of aryl methyl sites for hydroxylation is 1. The van der Waals surface area contributed by atoms with Crippen molar-refractivity contribution in [3.8, 4) is 5.75 Å². The molecule has 7 nitrogen and oxygen atoms in total. The summed E-state index contributed by atoms with van der Waals surface area (Å²) in [7, 11) is 0. The Balaban J connectivity index is 1.22. The number of likely N-dealkylation sites (tertiary alicyclic amines) is 1. The standard InChI is InChI=1S/C23H22ClN5O2/c1-15-5-7-28-13-21(25-22(28)9-15)23(30)29-8-6-16(12-29)20-11-18(26-27-20)14-31-19-4-2-3-17(24)10-19/h2-5,7,9-11,13,16H,6,8,12,14H2,1H3,(H,26,27). The van der Waals surface area contributed by atoms with Crippen LogP contribution in [-0.2, 0) is 6.61 Å². The van der Waals surface area contributed by atoms with Gasteiger partial charge in [-0.25, -0.2) is 4.98 Å². The Hall–Kier alpha value is -3.32. The lowest BCUT2D eigenvalue weighted by Gasteiger charge is -2.14. The van der Waals surface area contributed by atoms with E-state index in [1.807, 2.05) is 58.8 Å². The van der Waals surface area contributed by atoms with Crippen LogP contribution in [0.4, 0.5) is 0 Å². The number of halogens is 1. The second-order valence-corrected chi connectivity index (χ2v) is 8.33. The minimum atomic E-state index is -0.0381. The lowest BCUT2D eigenvalue weighted by molar-refractivity contribution is 0.0785. The van der Waals surface area contributed by atoms with Crippen molar-refractivity contribution in [2.45, 2.75) is 25.9 Å². The summed E-state index contributed by atoms with van der Waals surface area (Å²) in [4.78, 5) is 19.3. The molecular formula is C23H22ClN5O2. The lowest BCUT2D eigenvalue weighted by atomic mass is 10.1. The van der Waals surface area contributed by atoms with E-state index in [0.29, 0.717) is 36.2 Å². The zero-order valence-electron chi connectivity index (χ0n) is 17.1. The summed E-state index contributed by atoms with van der Waals surface area (Å²) in [5.41, 5.74) is 4.22. The summed E-state index contributed by atoms with van der Waals surface area (Å²) in [5, 5.41) is 8.13. The SMILES string of the molecule is Cc1ccn2cc(C(=O)N3CCC(c4cc(COc5cccc(Cl)c5)[nH]n4)C3)nc2c1. The van der Waals surface area contributed by atoms with Gasteiger partial charge in [0, 0.05) is 36.4 Å². The summed E-state index contributed by atoms with van der Waals surface area (Å²) in [6.07, 6.45) is 4.60. The number of imidazole rings is 1. The molecule has 1 saturated heterocycles. The first kappa shape index (κ1) is 19.6. The van der Waals surface area contributed by atoms with Crippen LogP contribution in [-0.4, -0.2) is 43.5 Å². The molecule has 1 amide bonds. The van der Waals surface area contributed by atoms with Crippen LogP contribution in [0.15, 0.2) is 54.9 Å². The van der Waals surface area contributed by atoms with E-state index in [1.54, 1.807) is 12.3 Å². The zero-order chi connectivity index (χ0) is 21.4. The highest BCUT2D eigenvalue weighted by atomic mass is 35.5. The number of nitrogens with zero attached hydrogens (tertiary/aromatic N) is 4. The van der Waals surface area contributed by atoms with Crippen molar-refractivity contribution in [1.29, 1.82) is 0 Å². The summed E-state index contributed by atoms with van der Waals surface area (Å²) >= 11 is 5.99. The maximum absolute atomic E-state index is 13.0. The second-order valence-electron chi connectivity index (χ2n) is 7.90. The predicted molar refractivity (Wildman–Crippen MR) is 118 cm³/mol. The van der Waals surface area contributed by atoms with Gasteiger partial charge >= 0.3 is 0 Å². The average Bonchev–Trinajstić information content (AvgIpc) is 3.50. The molecule has 3 aromatic heterocycles. The number of benzene rings is 1. The maximum Gasteiger partial charge on any atom is 0.274 e. The Bertz CT molecular complexity index is 1250. The van der Waals surface area contributed by atoms with Gasteiger partial charge in [-0.15, -0.1) is 0 Å².